The Morgan fingerprint density at radius 2 is 1.33 bits per heavy atom. The van der Waals surface area contributed by atoms with Gasteiger partial charge in [0.15, 0.2) is 0 Å². The van der Waals surface area contributed by atoms with Crippen LogP contribution >= 0.6 is 0 Å². The number of aromatic nitrogens is 2. The summed E-state index contributed by atoms with van der Waals surface area (Å²) in [6.45, 7) is 7.02. The average molecular weight is 322 g/mol. The zero-order valence-electron chi connectivity index (χ0n) is 14.3. The van der Waals surface area contributed by atoms with Gasteiger partial charge < -0.3 is 0 Å². The second-order valence-electron chi connectivity index (χ2n) is 7.46. The van der Waals surface area contributed by atoms with Crippen LogP contribution in [0.25, 0.3) is 0 Å². The Kier molecular flexibility index (Phi) is 4.58. The summed E-state index contributed by atoms with van der Waals surface area (Å²) in [6, 6.07) is 8.45. The highest BCUT2D eigenvalue weighted by Crippen LogP contribution is 2.40. The van der Waals surface area contributed by atoms with Crippen LogP contribution in [0.3, 0.4) is 0 Å². The molecule has 1 spiro atoms. The first-order valence-electron chi connectivity index (χ1n) is 9.04. The molecule has 126 valence electrons. The van der Waals surface area contributed by atoms with Gasteiger partial charge in [0.2, 0.25) is 0 Å². The number of pyridine rings is 2. The maximum absolute atomic E-state index is 4.24. The van der Waals surface area contributed by atoms with E-state index in [1.54, 1.807) is 0 Å². The lowest BCUT2D eigenvalue weighted by Crippen LogP contribution is -2.41. The van der Waals surface area contributed by atoms with Crippen LogP contribution in [0.5, 0.6) is 0 Å². The molecule has 0 atom stereocenters. The zero-order chi connectivity index (χ0) is 16.2. The lowest BCUT2D eigenvalue weighted by molar-refractivity contribution is 0.102. The number of piperidine rings is 1. The first kappa shape index (κ1) is 15.7. The van der Waals surface area contributed by atoms with Crippen LogP contribution in [0.2, 0.25) is 0 Å². The minimum absolute atomic E-state index is 0.549. The molecule has 2 aliphatic heterocycles. The number of hydrogen-bond donors (Lipinski definition) is 0. The van der Waals surface area contributed by atoms with Gasteiger partial charge in [-0.25, -0.2) is 0 Å². The highest BCUT2D eigenvalue weighted by atomic mass is 15.2. The molecule has 0 unspecified atom stereocenters. The molecule has 0 aliphatic carbocycles. The van der Waals surface area contributed by atoms with Crippen LogP contribution in [0.1, 0.15) is 30.4 Å². The van der Waals surface area contributed by atoms with Crippen molar-refractivity contribution in [3.05, 3.63) is 60.2 Å². The van der Waals surface area contributed by atoms with Gasteiger partial charge in [-0.05, 0) is 67.6 Å². The summed E-state index contributed by atoms with van der Waals surface area (Å²) in [5, 5.41) is 0. The van der Waals surface area contributed by atoms with Crippen molar-refractivity contribution in [3.8, 4) is 0 Å². The van der Waals surface area contributed by atoms with Crippen LogP contribution < -0.4 is 0 Å². The highest BCUT2D eigenvalue weighted by Gasteiger charge is 2.40. The molecular formula is C20H26N4. The molecule has 2 saturated heterocycles. The molecule has 4 nitrogen and oxygen atoms in total. The molecule has 2 aliphatic rings. The molecule has 2 aromatic rings. The summed E-state index contributed by atoms with van der Waals surface area (Å²) in [4.78, 5) is 13.7. The number of nitrogens with zero attached hydrogens (tertiary/aromatic N) is 4. The van der Waals surface area contributed by atoms with Gasteiger partial charge in [-0.3, -0.25) is 19.8 Å². The van der Waals surface area contributed by atoms with Crippen molar-refractivity contribution in [2.24, 2.45) is 5.41 Å². The minimum Gasteiger partial charge on any atom is -0.299 e. The molecule has 0 saturated carbocycles. The van der Waals surface area contributed by atoms with Crippen molar-refractivity contribution >= 4 is 0 Å². The second-order valence-corrected chi connectivity index (χ2v) is 7.46. The van der Waals surface area contributed by atoms with E-state index >= 15 is 0 Å². The van der Waals surface area contributed by atoms with E-state index in [4.69, 9.17) is 0 Å². The molecule has 0 radical (unpaired) electrons. The zero-order valence-corrected chi connectivity index (χ0v) is 14.3. The van der Waals surface area contributed by atoms with Crippen molar-refractivity contribution in [2.75, 3.05) is 26.2 Å². The summed E-state index contributed by atoms with van der Waals surface area (Å²) >= 11 is 0. The molecule has 0 amide bonds. The highest BCUT2D eigenvalue weighted by molar-refractivity contribution is 5.10. The number of likely N-dealkylation sites (tertiary alicyclic amines) is 2. The maximum atomic E-state index is 4.24. The number of rotatable bonds is 4. The first-order valence-corrected chi connectivity index (χ1v) is 9.04. The van der Waals surface area contributed by atoms with Crippen molar-refractivity contribution in [3.63, 3.8) is 0 Å². The Labute approximate surface area is 144 Å². The molecule has 4 heterocycles. The molecule has 0 aromatic carbocycles. The van der Waals surface area contributed by atoms with Crippen molar-refractivity contribution in [2.45, 2.75) is 32.4 Å². The average Bonchev–Trinajstić information content (AvgIpc) is 3.01. The van der Waals surface area contributed by atoms with E-state index in [2.05, 4.69) is 31.9 Å². The Morgan fingerprint density at radius 1 is 0.792 bits per heavy atom. The lowest BCUT2D eigenvalue weighted by Gasteiger charge is -2.39. The Hall–Kier alpha value is -1.78. The minimum atomic E-state index is 0.549. The molecule has 2 fully saturated rings. The van der Waals surface area contributed by atoms with Crippen molar-refractivity contribution in [1.82, 2.24) is 19.8 Å². The smallest absolute Gasteiger partial charge is 0.0312 e. The molecule has 24 heavy (non-hydrogen) atoms. The normalized spacial score (nSPS) is 21.3. The van der Waals surface area contributed by atoms with Gasteiger partial charge in [0, 0.05) is 44.4 Å². The Balaban J connectivity index is 1.29. The van der Waals surface area contributed by atoms with Gasteiger partial charge >= 0.3 is 0 Å². The SMILES string of the molecule is c1cncc(CN2CCC3(CC2)CCN(Cc2cccnc2)C3)c1. The van der Waals surface area contributed by atoms with Crippen LogP contribution in [-0.2, 0) is 13.1 Å². The van der Waals surface area contributed by atoms with E-state index in [0.29, 0.717) is 5.41 Å². The Morgan fingerprint density at radius 3 is 1.88 bits per heavy atom. The molecular weight excluding hydrogens is 296 g/mol. The maximum Gasteiger partial charge on any atom is 0.0312 e. The lowest BCUT2D eigenvalue weighted by atomic mass is 9.77. The van der Waals surface area contributed by atoms with Crippen LogP contribution in [-0.4, -0.2) is 45.9 Å². The summed E-state index contributed by atoms with van der Waals surface area (Å²) < 4.78 is 0. The van der Waals surface area contributed by atoms with Gasteiger partial charge in [-0.1, -0.05) is 12.1 Å². The predicted molar refractivity (Wildman–Crippen MR) is 95.3 cm³/mol. The fourth-order valence-electron chi connectivity index (χ4n) is 4.26. The van der Waals surface area contributed by atoms with Crippen LogP contribution in [0, 0.1) is 5.41 Å². The summed E-state index contributed by atoms with van der Waals surface area (Å²) in [5.74, 6) is 0. The third kappa shape index (κ3) is 3.65. The van der Waals surface area contributed by atoms with Crippen molar-refractivity contribution < 1.29 is 0 Å². The van der Waals surface area contributed by atoms with Gasteiger partial charge in [0.1, 0.15) is 0 Å². The summed E-state index contributed by atoms with van der Waals surface area (Å²) in [7, 11) is 0. The van der Waals surface area contributed by atoms with Gasteiger partial charge in [0.05, 0.1) is 0 Å². The summed E-state index contributed by atoms with van der Waals surface area (Å²) in [6.07, 6.45) is 11.7. The van der Waals surface area contributed by atoms with Gasteiger partial charge in [-0.15, -0.1) is 0 Å². The third-order valence-electron chi connectivity index (χ3n) is 5.69. The van der Waals surface area contributed by atoms with Crippen molar-refractivity contribution in [1.29, 1.82) is 0 Å². The predicted octanol–water partition coefficient (Wildman–Crippen LogP) is 2.96. The van der Waals surface area contributed by atoms with E-state index in [9.17, 15) is 0 Å². The van der Waals surface area contributed by atoms with Crippen LogP contribution in [0.4, 0.5) is 0 Å². The van der Waals surface area contributed by atoms with Gasteiger partial charge in [0.25, 0.3) is 0 Å². The fraction of sp³-hybridized carbons (Fsp3) is 0.500. The Bertz CT molecular complexity index is 635. The molecule has 2 aromatic heterocycles. The topological polar surface area (TPSA) is 32.3 Å². The monoisotopic (exact) mass is 322 g/mol. The molecule has 4 rings (SSSR count). The van der Waals surface area contributed by atoms with E-state index < -0.39 is 0 Å². The largest absolute Gasteiger partial charge is 0.299 e. The van der Waals surface area contributed by atoms with E-state index in [1.807, 2.05) is 36.9 Å². The third-order valence-corrected chi connectivity index (χ3v) is 5.69. The fourth-order valence-corrected chi connectivity index (χ4v) is 4.26. The van der Waals surface area contributed by atoms with E-state index in [0.717, 1.165) is 13.1 Å². The quantitative estimate of drug-likeness (QED) is 0.866. The number of hydrogen-bond acceptors (Lipinski definition) is 4. The first-order chi connectivity index (χ1) is 11.8. The molecule has 4 heteroatoms. The second kappa shape index (κ2) is 6.99. The molecule has 0 N–H and O–H groups in total. The van der Waals surface area contributed by atoms with Crippen LogP contribution in [0.15, 0.2) is 49.1 Å². The van der Waals surface area contributed by atoms with Gasteiger partial charge in [-0.2, -0.15) is 0 Å². The van der Waals surface area contributed by atoms with E-state index in [1.165, 1.54) is 56.6 Å². The van der Waals surface area contributed by atoms with E-state index in [-0.39, 0.29) is 0 Å². The summed E-state index contributed by atoms with van der Waals surface area (Å²) in [5.41, 5.74) is 3.22. The standard InChI is InChI=1S/C20H26N4/c1-3-18(13-21-8-1)15-23-10-5-20(6-11-23)7-12-24(17-20)16-19-4-2-9-22-14-19/h1-4,8-9,13-14H,5-7,10-12,15-17H2. The molecule has 0 bridgehead atoms.